The Morgan fingerprint density at radius 2 is 1.88 bits per heavy atom. The van der Waals surface area contributed by atoms with Crippen LogP contribution in [0.1, 0.15) is 72.1 Å². The Kier molecular flexibility index (Phi) is 5.99. The summed E-state index contributed by atoms with van der Waals surface area (Å²) in [5.74, 6) is 0.633. The lowest BCUT2D eigenvalue weighted by atomic mass is 9.76. The Balaban J connectivity index is 2.73. The number of rotatable bonds is 1. The van der Waals surface area contributed by atoms with Crippen LogP contribution in [0.2, 0.25) is 0 Å². The normalized spacial score (nSPS) is 31.9. The van der Waals surface area contributed by atoms with Crippen molar-refractivity contribution in [1.82, 2.24) is 0 Å². The third-order valence-corrected chi connectivity index (χ3v) is 4.69. The number of carbonyl (C=O) groups is 1. The summed E-state index contributed by atoms with van der Waals surface area (Å²) in [5, 5.41) is -0.252. The quantitative estimate of drug-likeness (QED) is 0.608. The monoisotopic (exact) mass is 258 g/mol. The van der Waals surface area contributed by atoms with Crippen molar-refractivity contribution in [2.45, 2.75) is 77.5 Å². The zero-order valence-corrected chi connectivity index (χ0v) is 12.4. The van der Waals surface area contributed by atoms with E-state index in [-0.39, 0.29) is 11.2 Å². The molecule has 17 heavy (non-hydrogen) atoms. The highest BCUT2D eigenvalue weighted by Gasteiger charge is 2.30. The molecule has 0 aliphatic heterocycles. The van der Waals surface area contributed by atoms with Crippen LogP contribution in [-0.2, 0) is 4.79 Å². The van der Waals surface area contributed by atoms with Gasteiger partial charge < -0.3 is 0 Å². The summed E-state index contributed by atoms with van der Waals surface area (Å²) in [5.41, 5.74) is 0.332. The first-order chi connectivity index (χ1) is 7.96. The Bertz CT molecular complexity index is 247. The second-order valence-electron chi connectivity index (χ2n) is 6.32. The summed E-state index contributed by atoms with van der Waals surface area (Å²) in [6, 6.07) is 0. The summed E-state index contributed by atoms with van der Waals surface area (Å²) in [4.78, 5) is 12.0. The van der Waals surface area contributed by atoms with E-state index in [0.29, 0.717) is 17.8 Å². The lowest BCUT2D eigenvalue weighted by Crippen LogP contribution is -2.28. The van der Waals surface area contributed by atoms with Gasteiger partial charge in [-0.25, -0.2) is 0 Å². The van der Waals surface area contributed by atoms with Crippen LogP contribution in [0.15, 0.2) is 0 Å². The van der Waals surface area contributed by atoms with E-state index >= 15 is 0 Å². The van der Waals surface area contributed by atoms with Gasteiger partial charge in [0.15, 0.2) is 5.78 Å². The lowest BCUT2D eigenvalue weighted by molar-refractivity contribution is -0.119. The topological polar surface area (TPSA) is 17.1 Å². The van der Waals surface area contributed by atoms with Crippen molar-refractivity contribution >= 4 is 17.4 Å². The molecule has 0 aromatic heterocycles. The van der Waals surface area contributed by atoms with Gasteiger partial charge in [-0.15, -0.1) is 11.6 Å². The molecule has 0 aromatic carbocycles. The molecule has 1 aliphatic carbocycles. The second-order valence-corrected chi connectivity index (χ2v) is 6.79. The van der Waals surface area contributed by atoms with Crippen molar-refractivity contribution in [2.75, 3.05) is 0 Å². The number of ketones is 1. The molecule has 0 spiro atoms. The highest BCUT2D eigenvalue weighted by Crippen LogP contribution is 2.36. The first kappa shape index (κ1) is 15.0. The molecule has 1 nitrogen and oxygen atoms in total. The molecule has 1 aliphatic rings. The van der Waals surface area contributed by atoms with Crippen LogP contribution in [0.5, 0.6) is 0 Å². The van der Waals surface area contributed by atoms with Crippen LogP contribution in [0.25, 0.3) is 0 Å². The number of carbonyl (C=O) groups excluding carboxylic acids is 1. The largest absolute Gasteiger partial charge is 0.298 e. The summed E-state index contributed by atoms with van der Waals surface area (Å²) in [6.45, 7) is 6.80. The van der Waals surface area contributed by atoms with E-state index in [4.69, 9.17) is 11.6 Å². The number of hydrogen-bond donors (Lipinski definition) is 0. The van der Waals surface area contributed by atoms with E-state index in [2.05, 4.69) is 20.8 Å². The second kappa shape index (κ2) is 6.78. The van der Waals surface area contributed by atoms with Crippen LogP contribution in [0, 0.1) is 11.3 Å². The molecule has 0 heterocycles. The molecule has 1 saturated carbocycles. The van der Waals surface area contributed by atoms with E-state index in [1.165, 1.54) is 25.7 Å². The van der Waals surface area contributed by atoms with Crippen LogP contribution < -0.4 is 0 Å². The van der Waals surface area contributed by atoms with Crippen LogP contribution >= 0.6 is 11.6 Å². The molecule has 0 bridgehead atoms. The van der Waals surface area contributed by atoms with Crippen molar-refractivity contribution in [2.24, 2.45) is 11.3 Å². The van der Waals surface area contributed by atoms with E-state index in [9.17, 15) is 4.79 Å². The third-order valence-electron chi connectivity index (χ3n) is 4.09. The van der Waals surface area contributed by atoms with Gasteiger partial charge in [-0.2, -0.15) is 0 Å². The average Bonchev–Trinajstić information content (AvgIpc) is 2.30. The maximum absolute atomic E-state index is 12.0. The average molecular weight is 259 g/mol. The smallest absolute Gasteiger partial charge is 0.150 e. The van der Waals surface area contributed by atoms with Gasteiger partial charge in [0.25, 0.3) is 0 Å². The fourth-order valence-electron chi connectivity index (χ4n) is 2.92. The lowest BCUT2D eigenvalue weighted by Gasteiger charge is -2.31. The predicted octanol–water partition coefficient (Wildman–Crippen LogP) is 4.96. The van der Waals surface area contributed by atoms with Gasteiger partial charge in [-0.1, -0.05) is 46.5 Å². The van der Waals surface area contributed by atoms with E-state index < -0.39 is 0 Å². The summed E-state index contributed by atoms with van der Waals surface area (Å²) >= 11 is 6.37. The van der Waals surface area contributed by atoms with Gasteiger partial charge >= 0.3 is 0 Å². The minimum atomic E-state index is -0.252. The fraction of sp³-hybridized carbons (Fsp3) is 0.933. The van der Waals surface area contributed by atoms with Crippen molar-refractivity contribution in [3.63, 3.8) is 0 Å². The van der Waals surface area contributed by atoms with Crippen LogP contribution in [-0.4, -0.2) is 11.2 Å². The van der Waals surface area contributed by atoms with E-state index in [1.807, 2.05) is 0 Å². The van der Waals surface area contributed by atoms with Crippen molar-refractivity contribution in [3.8, 4) is 0 Å². The van der Waals surface area contributed by atoms with E-state index in [1.54, 1.807) is 0 Å². The minimum absolute atomic E-state index is 0.252. The van der Waals surface area contributed by atoms with Gasteiger partial charge in [0.1, 0.15) is 0 Å². The molecule has 2 unspecified atom stereocenters. The number of halogens is 1. The fourth-order valence-corrected chi connectivity index (χ4v) is 3.30. The Labute approximate surface area is 111 Å². The number of Topliss-reactive ketones (excluding diaryl/α,β-unsaturated/α-hetero) is 1. The zero-order chi connectivity index (χ0) is 12.9. The molecule has 0 saturated heterocycles. The maximum Gasteiger partial charge on any atom is 0.150 e. The summed E-state index contributed by atoms with van der Waals surface area (Å²) in [7, 11) is 0. The van der Waals surface area contributed by atoms with Gasteiger partial charge in [0, 0.05) is 6.42 Å². The molecule has 0 radical (unpaired) electrons. The molecule has 2 heteroatoms. The Hall–Kier alpha value is -0.0400. The Morgan fingerprint density at radius 3 is 2.53 bits per heavy atom. The first-order valence-electron chi connectivity index (χ1n) is 7.13. The highest BCUT2D eigenvalue weighted by molar-refractivity contribution is 6.31. The molecule has 0 amide bonds. The Morgan fingerprint density at radius 1 is 1.24 bits per heavy atom. The molecule has 1 rings (SSSR count). The van der Waals surface area contributed by atoms with Crippen LogP contribution in [0.4, 0.5) is 0 Å². The first-order valence-corrected chi connectivity index (χ1v) is 7.57. The molecular formula is C15H27ClO. The SMILES string of the molecule is CCC1CC(C)(C)CCCCCCC(=O)C1Cl. The predicted molar refractivity (Wildman–Crippen MR) is 74.5 cm³/mol. The van der Waals surface area contributed by atoms with E-state index in [0.717, 1.165) is 19.3 Å². The van der Waals surface area contributed by atoms with Gasteiger partial charge in [-0.3, -0.25) is 4.79 Å². The van der Waals surface area contributed by atoms with Crippen molar-refractivity contribution in [1.29, 1.82) is 0 Å². The van der Waals surface area contributed by atoms with Gasteiger partial charge in [0.05, 0.1) is 5.38 Å². The van der Waals surface area contributed by atoms with Gasteiger partial charge in [0.2, 0.25) is 0 Å². The number of alkyl halides is 1. The summed E-state index contributed by atoms with van der Waals surface area (Å²) in [6.07, 6.45) is 8.82. The highest BCUT2D eigenvalue weighted by atomic mass is 35.5. The molecule has 2 atom stereocenters. The summed E-state index contributed by atoms with van der Waals surface area (Å²) < 4.78 is 0. The minimum Gasteiger partial charge on any atom is -0.298 e. The van der Waals surface area contributed by atoms with Crippen LogP contribution in [0.3, 0.4) is 0 Å². The van der Waals surface area contributed by atoms with Gasteiger partial charge in [-0.05, 0) is 30.6 Å². The third kappa shape index (κ3) is 4.99. The molecule has 1 fully saturated rings. The van der Waals surface area contributed by atoms with Crippen molar-refractivity contribution in [3.05, 3.63) is 0 Å². The molecular weight excluding hydrogens is 232 g/mol. The maximum atomic E-state index is 12.0. The zero-order valence-electron chi connectivity index (χ0n) is 11.6. The molecule has 0 N–H and O–H groups in total. The van der Waals surface area contributed by atoms with Crippen molar-refractivity contribution < 1.29 is 4.79 Å². The molecule has 100 valence electrons. The molecule has 0 aromatic rings. The number of hydrogen-bond acceptors (Lipinski definition) is 1. The standard InChI is InChI=1S/C15H27ClO/c1-4-12-11-15(2,3)10-8-6-5-7-9-13(17)14(12)16/h12,14H,4-11H2,1-3H3.